The minimum atomic E-state index is 0.604. The van der Waals surface area contributed by atoms with E-state index in [4.69, 9.17) is 0 Å². The zero-order valence-electron chi connectivity index (χ0n) is 9.33. The summed E-state index contributed by atoms with van der Waals surface area (Å²) in [6.45, 7) is 6.83. The van der Waals surface area contributed by atoms with Gasteiger partial charge in [0.2, 0.25) is 0 Å². The second-order valence-electron chi connectivity index (χ2n) is 4.87. The van der Waals surface area contributed by atoms with E-state index >= 15 is 0 Å². The van der Waals surface area contributed by atoms with Crippen molar-refractivity contribution in [2.45, 2.75) is 39.5 Å². The number of hydrogen-bond donors (Lipinski definition) is 0. The normalized spacial score (nSPS) is 25.4. The van der Waals surface area contributed by atoms with Crippen molar-refractivity contribution in [1.29, 1.82) is 0 Å². The second-order valence-corrected chi connectivity index (χ2v) is 4.87. The lowest BCUT2D eigenvalue weighted by Gasteiger charge is -2.10. The van der Waals surface area contributed by atoms with Crippen LogP contribution in [-0.2, 0) is 6.42 Å². The highest BCUT2D eigenvalue weighted by Gasteiger charge is 2.33. The zero-order chi connectivity index (χ0) is 10.1. The van der Waals surface area contributed by atoms with Crippen LogP contribution < -0.4 is 0 Å². The fourth-order valence-electron chi connectivity index (χ4n) is 2.08. The minimum absolute atomic E-state index is 0.604. The summed E-state index contributed by atoms with van der Waals surface area (Å²) in [7, 11) is 0. The Labute approximate surface area is 86.6 Å². The summed E-state index contributed by atoms with van der Waals surface area (Å²) in [5.74, 6) is 2.44. The highest BCUT2D eigenvalue weighted by molar-refractivity contribution is 5.24. The van der Waals surface area contributed by atoms with Crippen molar-refractivity contribution in [3.8, 4) is 0 Å². The van der Waals surface area contributed by atoms with Crippen molar-refractivity contribution >= 4 is 0 Å². The Morgan fingerprint density at radius 2 is 2.21 bits per heavy atom. The van der Waals surface area contributed by atoms with Gasteiger partial charge in [-0.15, -0.1) is 0 Å². The van der Waals surface area contributed by atoms with E-state index in [1.165, 1.54) is 24.1 Å². The van der Waals surface area contributed by atoms with Crippen molar-refractivity contribution in [1.82, 2.24) is 4.98 Å². The highest BCUT2D eigenvalue weighted by atomic mass is 14.7. The van der Waals surface area contributed by atoms with E-state index in [-0.39, 0.29) is 0 Å². The van der Waals surface area contributed by atoms with Crippen LogP contribution >= 0.6 is 0 Å². The summed E-state index contributed by atoms with van der Waals surface area (Å²) in [6, 6.07) is 4.27. The average Bonchev–Trinajstić information content (AvgIpc) is 2.82. The summed E-state index contributed by atoms with van der Waals surface area (Å²) in [4.78, 5) is 4.51. The first-order chi connectivity index (χ1) is 6.68. The maximum atomic E-state index is 4.51. The van der Waals surface area contributed by atoms with Crippen molar-refractivity contribution in [2.24, 2.45) is 11.8 Å². The molecule has 1 heteroatoms. The second kappa shape index (κ2) is 3.72. The highest BCUT2D eigenvalue weighted by Crippen LogP contribution is 2.40. The Kier molecular flexibility index (Phi) is 2.58. The first kappa shape index (κ1) is 9.70. The molecule has 1 heterocycles. The smallest absolute Gasteiger partial charge is 0.0441 e. The topological polar surface area (TPSA) is 12.9 Å². The number of hydrogen-bond acceptors (Lipinski definition) is 1. The SMILES string of the molecule is CC(C)c1cccnc1CC1CC1C. The van der Waals surface area contributed by atoms with Crippen molar-refractivity contribution < 1.29 is 0 Å². The zero-order valence-corrected chi connectivity index (χ0v) is 9.33. The molecule has 1 saturated carbocycles. The molecule has 0 radical (unpaired) electrons. The Balaban J connectivity index is 2.15. The summed E-state index contributed by atoms with van der Waals surface area (Å²) < 4.78 is 0. The van der Waals surface area contributed by atoms with E-state index in [0.29, 0.717) is 5.92 Å². The minimum Gasteiger partial charge on any atom is -0.261 e. The van der Waals surface area contributed by atoms with Gasteiger partial charge in [0.1, 0.15) is 0 Å². The molecule has 1 fully saturated rings. The van der Waals surface area contributed by atoms with E-state index in [9.17, 15) is 0 Å². The molecule has 2 rings (SSSR count). The van der Waals surface area contributed by atoms with Gasteiger partial charge in [-0.2, -0.15) is 0 Å². The molecule has 14 heavy (non-hydrogen) atoms. The average molecular weight is 189 g/mol. The molecule has 0 spiro atoms. The van der Waals surface area contributed by atoms with Crippen LogP contribution in [0, 0.1) is 11.8 Å². The standard InChI is InChI=1S/C13H19N/c1-9(2)12-5-4-6-14-13(12)8-11-7-10(11)3/h4-6,9-11H,7-8H2,1-3H3. The van der Waals surface area contributed by atoms with E-state index in [2.05, 4.69) is 37.9 Å². The molecule has 0 bridgehead atoms. The molecule has 0 amide bonds. The molecule has 1 aliphatic carbocycles. The largest absolute Gasteiger partial charge is 0.261 e. The maximum absolute atomic E-state index is 4.51. The van der Waals surface area contributed by atoms with Crippen LogP contribution in [0.25, 0.3) is 0 Å². The lowest BCUT2D eigenvalue weighted by atomic mass is 9.98. The van der Waals surface area contributed by atoms with Gasteiger partial charge in [0.25, 0.3) is 0 Å². The van der Waals surface area contributed by atoms with Crippen LogP contribution in [0.15, 0.2) is 18.3 Å². The van der Waals surface area contributed by atoms with Gasteiger partial charge in [-0.05, 0) is 42.2 Å². The Bertz CT molecular complexity index is 317. The third-order valence-electron chi connectivity index (χ3n) is 3.28. The molecule has 0 N–H and O–H groups in total. The third kappa shape index (κ3) is 1.97. The molecular weight excluding hydrogens is 170 g/mol. The number of rotatable bonds is 3. The number of nitrogens with zero attached hydrogens (tertiary/aromatic N) is 1. The number of aromatic nitrogens is 1. The molecule has 0 saturated heterocycles. The lowest BCUT2D eigenvalue weighted by Crippen LogP contribution is -2.01. The van der Waals surface area contributed by atoms with Crippen LogP contribution in [0.4, 0.5) is 0 Å². The molecule has 1 nitrogen and oxygen atoms in total. The van der Waals surface area contributed by atoms with Gasteiger partial charge in [0.05, 0.1) is 0 Å². The molecule has 1 aromatic heterocycles. The summed E-state index contributed by atoms with van der Waals surface area (Å²) >= 11 is 0. The summed E-state index contributed by atoms with van der Waals surface area (Å²) in [6.07, 6.45) is 4.51. The van der Waals surface area contributed by atoms with Gasteiger partial charge < -0.3 is 0 Å². The Hall–Kier alpha value is -0.850. The molecule has 76 valence electrons. The van der Waals surface area contributed by atoms with Crippen molar-refractivity contribution in [2.75, 3.05) is 0 Å². The summed E-state index contributed by atoms with van der Waals surface area (Å²) in [5, 5.41) is 0. The van der Waals surface area contributed by atoms with Crippen LogP contribution in [0.5, 0.6) is 0 Å². The summed E-state index contributed by atoms with van der Waals surface area (Å²) in [5.41, 5.74) is 2.77. The molecule has 1 aromatic rings. The van der Waals surface area contributed by atoms with Crippen LogP contribution in [-0.4, -0.2) is 4.98 Å². The quantitative estimate of drug-likeness (QED) is 0.710. The van der Waals surface area contributed by atoms with Gasteiger partial charge in [-0.3, -0.25) is 4.98 Å². The van der Waals surface area contributed by atoms with Gasteiger partial charge in [0.15, 0.2) is 0 Å². The monoisotopic (exact) mass is 189 g/mol. The van der Waals surface area contributed by atoms with E-state index in [1.54, 1.807) is 0 Å². The van der Waals surface area contributed by atoms with E-state index < -0.39 is 0 Å². The Morgan fingerprint density at radius 1 is 1.50 bits per heavy atom. The van der Waals surface area contributed by atoms with E-state index in [1.807, 2.05) is 6.20 Å². The maximum Gasteiger partial charge on any atom is 0.0441 e. The Morgan fingerprint density at radius 3 is 2.79 bits per heavy atom. The van der Waals surface area contributed by atoms with Crippen molar-refractivity contribution in [3.05, 3.63) is 29.6 Å². The van der Waals surface area contributed by atoms with Gasteiger partial charge in [0, 0.05) is 11.9 Å². The van der Waals surface area contributed by atoms with E-state index in [0.717, 1.165) is 11.8 Å². The number of pyridine rings is 1. The van der Waals surface area contributed by atoms with Gasteiger partial charge in [-0.1, -0.05) is 26.8 Å². The molecular formula is C13H19N. The van der Waals surface area contributed by atoms with Crippen LogP contribution in [0.1, 0.15) is 44.4 Å². The molecule has 0 aliphatic heterocycles. The fourth-order valence-corrected chi connectivity index (χ4v) is 2.08. The van der Waals surface area contributed by atoms with Crippen LogP contribution in [0.3, 0.4) is 0 Å². The molecule has 2 unspecified atom stereocenters. The van der Waals surface area contributed by atoms with Gasteiger partial charge in [-0.25, -0.2) is 0 Å². The first-order valence-electron chi connectivity index (χ1n) is 5.62. The molecule has 1 aliphatic rings. The third-order valence-corrected chi connectivity index (χ3v) is 3.28. The van der Waals surface area contributed by atoms with Crippen LogP contribution in [0.2, 0.25) is 0 Å². The predicted octanol–water partition coefficient (Wildman–Crippen LogP) is 3.40. The lowest BCUT2D eigenvalue weighted by molar-refractivity contribution is 0.709. The molecule has 2 atom stereocenters. The van der Waals surface area contributed by atoms with Crippen molar-refractivity contribution in [3.63, 3.8) is 0 Å². The molecule has 0 aromatic carbocycles. The fraction of sp³-hybridized carbons (Fsp3) is 0.615. The predicted molar refractivity (Wildman–Crippen MR) is 59.3 cm³/mol. The van der Waals surface area contributed by atoms with Gasteiger partial charge >= 0.3 is 0 Å². The first-order valence-corrected chi connectivity index (χ1v) is 5.62.